The average Bonchev–Trinajstić information content (AvgIpc) is 2.53. The van der Waals surface area contributed by atoms with Gasteiger partial charge in [-0.2, -0.15) is 0 Å². The van der Waals surface area contributed by atoms with Gasteiger partial charge in [0.2, 0.25) is 11.8 Å². The van der Waals surface area contributed by atoms with Gasteiger partial charge in [-0.05, 0) is 59.1 Å². The van der Waals surface area contributed by atoms with Crippen molar-refractivity contribution in [1.82, 2.24) is 10.6 Å². The van der Waals surface area contributed by atoms with Crippen LogP contribution < -0.4 is 10.6 Å². The molecule has 0 saturated carbocycles. The minimum absolute atomic E-state index is 0.167. The van der Waals surface area contributed by atoms with Crippen LogP contribution in [-0.4, -0.2) is 49.3 Å². The molecule has 0 rings (SSSR count). The lowest BCUT2D eigenvalue weighted by molar-refractivity contribution is -0.117. The van der Waals surface area contributed by atoms with Crippen LogP contribution in [0.5, 0.6) is 0 Å². The number of ether oxygens (including phenoxy) is 2. The first-order chi connectivity index (χ1) is 11.6. The molecule has 2 N–H and O–H groups in total. The maximum absolute atomic E-state index is 11.1. The molecule has 0 aliphatic heterocycles. The van der Waals surface area contributed by atoms with Crippen LogP contribution in [0.4, 0.5) is 0 Å². The summed E-state index contributed by atoms with van der Waals surface area (Å²) < 4.78 is 11.8. The molecule has 0 saturated heterocycles. The molecule has 6 heteroatoms. The topological polar surface area (TPSA) is 76.7 Å². The lowest BCUT2D eigenvalue weighted by atomic mass is 10.0. The van der Waals surface area contributed by atoms with E-state index in [0.717, 1.165) is 19.3 Å². The summed E-state index contributed by atoms with van der Waals surface area (Å²) in [5.41, 5.74) is -0.616. The van der Waals surface area contributed by atoms with Gasteiger partial charge in [0, 0.05) is 19.7 Å². The van der Waals surface area contributed by atoms with E-state index in [9.17, 15) is 9.59 Å². The lowest BCUT2D eigenvalue weighted by Gasteiger charge is -2.30. The van der Waals surface area contributed by atoms with Crippen LogP contribution in [-0.2, 0) is 19.1 Å². The second-order valence-corrected chi connectivity index (χ2v) is 7.06. The first-order valence-electron chi connectivity index (χ1n) is 8.70. The van der Waals surface area contributed by atoms with Crippen LogP contribution in [0.1, 0.15) is 47.0 Å². The maximum atomic E-state index is 11.1. The Morgan fingerprint density at radius 1 is 0.840 bits per heavy atom. The molecule has 0 unspecified atom stereocenters. The van der Waals surface area contributed by atoms with Gasteiger partial charge in [-0.1, -0.05) is 13.2 Å². The van der Waals surface area contributed by atoms with E-state index >= 15 is 0 Å². The van der Waals surface area contributed by atoms with Crippen molar-refractivity contribution in [1.29, 1.82) is 0 Å². The predicted molar refractivity (Wildman–Crippen MR) is 100 cm³/mol. The minimum atomic E-state index is -0.320. The van der Waals surface area contributed by atoms with E-state index in [1.807, 2.05) is 27.7 Å². The third kappa shape index (κ3) is 13.3. The zero-order valence-electron chi connectivity index (χ0n) is 16.2. The molecule has 0 aromatic carbocycles. The first-order valence-corrected chi connectivity index (χ1v) is 8.70. The summed E-state index contributed by atoms with van der Waals surface area (Å²) in [4.78, 5) is 22.2. The first kappa shape index (κ1) is 23.3. The van der Waals surface area contributed by atoms with Gasteiger partial charge in [-0.15, -0.1) is 0 Å². The Labute approximate surface area is 152 Å². The highest BCUT2D eigenvalue weighted by Crippen LogP contribution is 2.19. The molecule has 0 aliphatic carbocycles. The van der Waals surface area contributed by atoms with E-state index in [0.29, 0.717) is 26.3 Å². The third-order valence-electron chi connectivity index (χ3n) is 3.71. The van der Waals surface area contributed by atoms with E-state index in [1.165, 1.54) is 12.2 Å². The molecule has 25 heavy (non-hydrogen) atoms. The molecular formula is C19H34N2O4. The molecule has 0 atom stereocenters. The van der Waals surface area contributed by atoms with Gasteiger partial charge in [0.1, 0.15) is 0 Å². The molecule has 0 aliphatic rings. The Morgan fingerprint density at radius 3 is 1.88 bits per heavy atom. The van der Waals surface area contributed by atoms with Crippen molar-refractivity contribution in [3.05, 3.63) is 25.3 Å². The Hall–Kier alpha value is -1.66. The quantitative estimate of drug-likeness (QED) is 0.371. The largest absolute Gasteiger partial charge is 0.375 e. The van der Waals surface area contributed by atoms with Crippen molar-refractivity contribution in [3.63, 3.8) is 0 Å². The van der Waals surface area contributed by atoms with E-state index in [1.54, 1.807) is 0 Å². The summed E-state index contributed by atoms with van der Waals surface area (Å²) in [6.45, 7) is 17.1. The van der Waals surface area contributed by atoms with Crippen molar-refractivity contribution >= 4 is 11.8 Å². The van der Waals surface area contributed by atoms with Crippen LogP contribution in [0, 0.1) is 0 Å². The third-order valence-corrected chi connectivity index (χ3v) is 3.71. The Bertz CT molecular complexity index is 445. The molecule has 0 radical (unpaired) electrons. The van der Waals surface area contributed by atoms with E-state index in [2.05, 4.69) is 23.8 Å². The van der Waals surface area contributed by atoms with Crippen molar-refractivity contribution < 1.29 is 19.1 Å². The van der Waals surface area contributed by atoms with E-state index < -0.39 is 0 Å². The average molecular weight is 354 g/mol. The molecular weight excluding hydrogens is 320 g/mol. The standard InChI is InChI=1S/C19H34N2O4/c1-7-16(22)20-12-9-14-24-19(5,6)11-15-25-18(3,4)10-13-21-17(23)8-2/h7-8H,1-2,9-15H2,3-6H3,(H,20,22)(H,21,23). The molecule has 0 fully saturated rings. The van der Waals surface area contributed by atoms with Crippen molar-refractivity contribution in [3.8, 4) is 0 Å². The van der Waals surface area contributed by atoms with Gasteiger partial charge in [0.05, 0.1) is 17.8 Å². The zero-order chi connectivity index (χ0) is 19.3. The number of amides is 2. The fourth-order valence-electron chi connectivity index (χ4n) is 1.98. The molecule has 2 amide bonds. The zero-order valence-corrected chi connectivity index (χ0v) is 16.2. The summed E-state index contributed by atoms with van der Waals surface area (Å²) in [5, 5.41) is 5.46. The number of nitrogens with one attached hydrogen (secondary N) is 2. The number of hydrogen-bond donors (Lipinski definition) is 2. The molecule has 6 nitrogen and oxygen atoms in total. The van der Waals surface area contributed by atoms with Crippen LogP contribution in [0.15, 0.2) is 25.3 Å². The predicted octanol–water partition coefficient (Wildman–Crippen LogP) is 2.35. The Morgan fingerprint density at radius 2 is 1.32 bits per heavy atom. The van der Waals surface area contributed by atoms with Gasteiger partial charge < -0.3 is 20.1 Å². The smallest absolute Gasteiger partial charge is 0.243 e. The van der Waals surface area contributed by atoms with Gasteiger partial charge >= 0.3 is 0 Å². The van der Waals surface area contributed by atoms with E-state index in [-0.39, 0.29) is 23.0 Å². The monoisotopic (exact) mass is 354 g/mol. The second kappa shape index (κ2) is 11.8. The summed E-state index contributed by atoms with van der Waals surface area (Å²) in [7, 11) is 0. The van der Waals surface area contributed by atoms with Gasteiger partial charge in [0.15, 0.2) is 0 Å². The Balaban J connectivity index is 3.91. The fourth-order valence-corrected chi connectivity index (χ4v) is 1.98. The van der Waals surface area contributed by atoms with Gasteiger partial charge in [-0.25, -0.2) is 0 Å². The normalized spacial score (nSPS) is 11.7. The number of hydrogen-bond acceptors (Lipinski definition) is 4. The van der Waals surface area contributed by atoms with Crippen LogP contribution >= 0.6 is 0 Å². The SMILES string of the molecule is C=CC(=O)NCCCOC(C)(C)CCOC(C)(C)CCNC(=O)C=C. The lowest BCUT2D eigenvalue weighted by Crippen LogP contribution is -2.34. The molecule has 0 spiro atoms. The Kier molecular flexibility index (Phi) is 11.0. The minimum Gasteiger partial charge on any atom is -0.375 e. The van der Waals surface area contributed by atoms with Crippen molar-refractivity contribution in [2.45, 2.75) is 58.2 Å². The van der Waals surface area contributed by atoms with Crippen molar-refractivity contribution in [2.75, 3.05) is 26.3 Å². The van der Waals surface area contributed by atoms with Gasteiger partial charge in [0.25, 0.3) is 0 Å². The molecule has 144 valence electrons. The number of rotatable bonds is 14. The highest BCUT2D eigenvalue weighted by molar-refractivity contribution is 5.87. The van der Waals surface area contributed by atoms with Crippen LogP contribution in [0.2, 0.25) is 0 Å². The second-order valence-electron chi connectivity index (χ2n) is 7.06. The van der Waals surface area contributed by atoms with Crippen LogP contribution in [0.25, 0.3) is 0 Å². The summed E-state index contributed by atoms with van der Waals surface area (Å²) >= 11 is 0. The highest BCUT2D eigenvalue weighted by Gasteiger charge is 2.22. The molecule has 0 aromatic rings. The maximum Gasteiger partial charge on any atom is 0.243 e. The van der Waals surface area contributed by atoms with E-state index in [4.69, 9.17) is 9.47 Å². The van der Waals surface area contributed by atoms with Crippen molar-refractivity contribution in [2.24, 2.45) is 0 Å². The summed E-state index contributed by atoms with van der Waals surface area (Å²) in [6, 6.07) is 0. The summed E-state index contributed by atoms with van der Waals surface area (Å²) in [6.07, 6.45) is 4.74. The van der Waals surface area contributed by atoms with Gasteiger partial charge in [-0.3, -0.25) is 9.59 Å². The molecule has 0 heterocycles. The molecule has 0 aromatic heterocycles. The highest BCUT2D eigenvalue weighted by atomic mass is 16.5. The number of carbonyl (C=O) groups excluding carboxylic acids is 2. The van der Waals surface area contributed by atoms with Crippen LogP contribution in [0.3, 0.4) is 0 Å². The fraction of sp³-hybridized carbons (Fsp3) is 0.684. The summed E-state index contributed by atoms with van der Waals surface area (Å²) in [5.74, 6) is -0.339. The molecule has 0 bridgehead atoms. The number of carbonyl (C=O) groups is 2.